The van der Waals surface area contributed by atoms with Gasteiger partial charge in [-0.2, -0.15) is 4.73 Å². The maximum Gasteiger partial charge on any atom is 0.271 e. The van der Waals surface area contributed by atoms with E-state index in [1.54, 1.807) is 6.92 Å². The molecule has 3 atom stereocenters. The number of rotatable bonds is 16. The number of β-lactam (4-membered cyclic amide) rings is 1. The van der Waals surface area contributed by atoms with E-state index in [9.17, 15) is 49.3 Å². The van der Waals surface area contributed by atoms with E-state index in [-0.39, 0.29) is 59.6 Å². The third-order valence-corrected chi connectivity index (χ3v) is 11.2. The lowest BCUT2D eigenvalue weighted by molar-refractivity contribution is -0.911. The molecule has 18 nitrogen and oxygen atoms in total. The van der Waals surface area contributed by atoms with E-state index in [2.05, 4.69) is 15.5 Å². The van der Waals surface area contributed by atoms with E-state index in [0.29, 0.717) is 40.6 Å². The molecule has 3 aliphatic rings. The average Bonchev–Trinajstić information content (AvgIpc) is 3.73. The van der Waals surface area contributed by atoms with Crippen LogP contribution in [0.4, 0.5) is 5.13 Å². The number of carbonyl (C=O) groups is 5. The Morgan fingerprint density at radius 1 is 1.24 bits per heavy atom. The molecule has 5 rings (SSSR count). The van der Waals surface area contributed by atoms with Crippen molar-refractivity contribution < 1.29 is 53.8 Å². The number of carbonyl (C=O) groups excluding carboxylic acids is 5. The first-order chi connectivity index (χ1) is 24.2. The lowest BCUT2D eigenvalue weighted by Crippen LogP contribution is -2.64. The van der Waals surface area contributed by atoms with E-state index >= 15 is 0 Å². The van der Waals surface area contributed by atoms with Gasteiger partial charge in [0.1, 0.15) is 24.0 Å². The van der Waals surface area contributed by atoms with Crippen LogP contribution in [0.1, 0.15) is 55.2 Å². The molecule has 0 saturated carbocycles. The van der Waals surface area contributed by atoms with Crippen LogP contribution in [-0.2, 0) is 24.0 Å². The molecule has 2 amide bonds. The number of fused-ring (bicyclic) bond motifs is 1. The van der Waals surface area contributed by atoms with Gasteiger partial charge < -0.3 is 50.5 Å². The summed E-state index contributed by atoms with van der Waals surface area (Å²) in [5.74, 6) is -6.20. The van der Waals surface area contributed by atoms with Gasteiger partial charge in [-0.15, -0.1) is 23.1 Å². The van der Waals surface area contributed by atoms with Crippen LogP contribution < -0.4 is 26.7 Å². The van der Waals surface area contributed by atoms with Gasteiger partial charge >= 0.3 is 0 Å². The van der Waals surface area contributed by atoms with Gasteiger partial charge in [0.15, 0.2) is 22.4 Å². The number of carboxylic acid groups (broad SMARTS) is 2. The highest BCUT2D eigenvalue weighted by Crippen LogP contribution is 2.45. The van der Waals surface area contributed by atoms with E-state index in [1.165, 1.54) is 17.1 Å². The van der Waals surface area contributed by atoms with Crippen LogP contribution in [-0.4, -0.2) is 115 Å². The molecule has 2 saturated heterocycles. The first-order valence-corrected chi connectivity index (χ1v) is 18.0. The number of aromatic nitrogens is 2. The van der Waals surface area contributed by atoms with Crippen molar-refractivity contribution in [3.63, 3.8) is 0 Å². The van der Waals surface area contributed by atoms with Crippen LogP contribution in [0.5, 0.6) is 5.75 Å². The topological polar surface area (TPSA) is 270 Å². The van der Waals surface area contributed by atoms with E-state index in [4.69, 9.17) is 10.6 Å². The van der Waals surface area contributed by atoms with Crippen LogP contribution in [0.2, 0.25) is 0 Å². The number of anilines is 1. The van der Waals surface area contributed by atoms with Crippen LogP contribution in [0.25, 0.3) is 0 Å². The minimum Gasteiger partial charge on any atom is -0.550 e. The Balaban J connectivity index is 1.29. The number of Topliss-reactive ketones (excluding diaryl/α,β-unsaturated/α-hetero) is 1. The third kappa shape index (κ3) is 8.18. The van der Waals surface area contributed by atoms with Crippen LogP contribution in [0.15, 0.2) is 38.9 Å². The molecule has 51 heavy (non-hydrogen) atoms. The van der Waals surface area contributed by atoms with Gasteiger partial charge in [0.2, 0.25) is 11.3 Å². The summed E-state index contributed by atoms with van der Waals surface area (Å²) in [6, 6.07) is 0.806. The number of hydrogen-bond donors (Lipinski definition) is 4. The molecule has 2 aromatic heterocycles. The normalized spacial score (nSPS) is 20.4. The number of thiazole rings is 1. The Morgan fingerprint density at radius 2 is 1.96 bits per heavy atom. The van der Waals surface area contributed by atoms with Gasteiger partial charge in [-0.1, -0.05) is 12.1 Å². The highest BCUT2D eigenvalue weighted by Gasteiger charge is 2.53. The Bertz CT molecular complexity index is 1850. The maximum atomic E-state index is 13.5. The predicted octanol–water partition coefficient (Wildman–Crippen LogP) is -2.00. The van der Waals surface area contributed by atoms with E-state index in [0.717, 1.165) is 35.1 Å². The van der Waals surface area contributed by atoms with E-state index in [1.807, 2.05) is 0 Å². The van der Waals surface area contributed by atoms with Crippen molar-refractivity contribution in [2.75, 3.05) is 44.2 Å². The van der Waals surface area contributed by atoms with Gasteiger partial charge in [-0.3, -0.25) is 24.1 Å². The monoisotopic (exact) mass is 746 g/mol. The summed E-state index contributed by atoms with van der Waals surface area (Å²) in [6.45, 7) is 3.79. The third-order valence-electron chi connectivity index (χ3n) is 9.08. The number of aliphatic carboxylic acids is 2. The Labute approximate surface area is 298 Å². The lowest BCUT2D eigenvalue weighted by atomic mass is 9.89. The molecular weight excluding hydrogens is 711 g/mol. The number of nitrogen functional groups attached to an aromatic ring is 1. The standard InChI is InChI=1S/C31H37N7O11S2/c1-2-17(9-24(42)43)49-35-25(19-15-51-31(32)34-19)22(40)10-18-28(45)37-26(30(46)47)16(14-50-29(18)37)13-38(6-3-4-7-38)8-5-33-27(44)20-11-21(39)23(41)12-36(20)48/h11-12,15,17-18,29,48H,2-10,13-14H2,1H3,(H5-,32,33,34,41,42,43,44,46,47)/p-1/b35-25-/t17-,18+,29+/m0/s1. The minimum atomic E-state index is -1.53. The van der Waals surface area contributed by atoms with Crippen LogP contribution in [0, 0.1) is 5.92 Å². The number of aromatic hydroxyl groups is 1. The molecule has 274 valence electrons. The second kappa shape index (κ2) is 15.5. The average molecular weight is 747 g/mol. The highest BCUT2D eigenvalue weighted by molar-refractivity contribution is 8.00. The minimum absolute atomic E-state index is 0.0907. The zero-order valence-corrected chi connectivity index (χ0v) is 29.1. The summed E-state index contributed by atoms with van der Waals surface area (Å²) >= 11 is 2.36. The number of ketones is 1. The van der Waals surface area contributed by atoms with Gasteiger partial charge in [0.25, 0.3) is 5.91 Å². The van der Waals surface area contributed by atoms with Crippen LogP contribution in [0.3, 0.4) is 0 Å². The number of nitrogens with one attached hydrogen (secondary N) is 1. The zero-order chi connectivity index (χ0) is 37.0. The molecule has 3 aliphatic heterocycles. The van der Waals surface area contributed by atoms with Crippen LogP contribution >= 0.6 is 23.1 Å². The van der Waals surface area contributed by atoms with Crippen molar-refractivity contribution in [3.05, 3.63) is 50.5 Å². The smallest absolute Gasteiger partial charge is 0.271 e. The van der Waals surface area contributed by atoms with Crippen molar-refractivity contribution in [1.82, 2.24) is 19.9 Å². The number of nitrogens with zero attached hydrogens (tertiary/aromatic N) is 5. The molecule has 0 aliphatic carbocycles. The fourth-order valence-corrected chi connectivity index (χ4v) is 8.43. The lowest BCUT2D eigenvalue weighted by Gasteiger charge is -2.51. The Kier molecular flexibility index (Phi) is 11.4. The van der Waals surface area contributed by atoms with Gasteiger partial charge in [0.05, 0.1) is 55.3 Å². The number of hydrogen-bond acceptors (Lipinski definition) is 16. The first-order valence-electron chi connectivity index (χ1n) is 16.1. The number of amides is 2. The fraction of sp³-hybridized carbons (Fsp3) is 0.484. The highest BCUT2D eigenvalue weighted by atomic mass is 32.2. The maximum absolute atomic E-state index is 13.5. The van der Waals surface area contributed by atoms with Crippen molar-refractivity contribution in [3.8, 4) is 5.75 Å². The summed E-state index contributed by atoms with van der Waals surface area (Å²) < 4.78 is 0.762. The molecular formula is C31H36N7O11S2-. The van der Waals surface area contributed by atoms with E-state index < -0.39 is 64.5 Å². The Morgan fingerprint density at radius 3 is 2.59 bits per heavy atom. The quantitative estimate of drug-likeness (QED) is 0.0476. The summed E-state index contributed by atoms with van der Waals surface area (Å²) in [6.07, 6.45) is 0.990. The molecule has 20 heteroatoms. The van der Waals surface area contributed by atoms with Gasteiger partial charge in [0, 0.05) is 54.4 Å². The number of carboxylic acids is 2. The molecule has 0 radical (unpaired) electrons. The van der Waals surface area contributed by atoms with Gasteiger partial charge in [-0.25, -0.2) is 4.98 Å². The number of likely N-dealkylation sites (tertiary alicyclic amines) is 1. The number of thioether (sulfide) groups is 1. The summed E-state index contributed by atoms with van der Waals surface area (Å²) in [5, 5.41) is 50.5. The predicted molar refractivity (Wildman–Crippen MR) is 177 cm³/mol. The van der Waals surface area contributed by atoms with Crippen molar-refractivity contribution >= 4 is 63.5 Å². The molecule has 0 spiro atoms. The number of quaternary nitrogens is 1. The number of pyridine rings is 1. The molecule has 0 aromatic carbocycles. The van der Waals surface area contributed by atoms with Crippen molar-refractivity contribution in [2.24, 2.45) is 11.1 Å². The molecule has 0 bridgehead atoms. The molecule has 5 N–H and O–H groups in total. The van der Waals surface area contributed by atoms with Crippen molar-refractivity contribution in [1.29, 1.82) is 0 Å². The second-order valence-corrected chi connectivity index (χ2v) is 14.5. The molecule has 5 heterocycles. The first kappa shape index (κ1) is 37.3. The number of oxime groups is 1. The Hall–Kier alpha value is -4.95. The summed E-state index contributed by atoms with van der Waals surface area (Å²) in [4.78, 5) is 85.7. The number of nitrogens with two attached hydrogens (primary N) is 1. The largest absolute Gasteiger partial charge is 0.550 e. The fourth-order valence-electron chi connectivity index (χ4n) is 6.48. The molecule has 2 fully saturated rings. The SMILES string of the molecule is CC[C@@H](CC(=O)[O-])O/N=C(\C(=O)C[C@@H]1C(=O)N2C(C(=O)[O-])=C(C[N+]3(CCNC(=O)c4cc(=O)c(O)cn4O)CCCC3)CS[C@H]12)c1csc(N)n1. The summed E-state index contributed by atoms with van der Waals surface area (Å²) in [5.41, 5.74) is 4.63. The summed E-state index contributed by atoms with van der Waals surface area (Å²) in [7, 11) is 0. The van der Waals surface area contributed by atoms with Gasteiger partial charge in [-0.05, 0) is 6.42 Å². The molecule has 2 aromatic rings. The van der Waals surface area contributed by atoms with Crippen molar-refractivity contribution in [2.45, 2.75) is 50.5 Å². The molecule has 0 unspecified atom stereocenters. The zero-order valence-electron chi connectivity index (χ0n) is 27.4. The second-order valence-electron chi connectivity index (χ2n) is 12.5.